The van der Waals surface area contributed by atoms with Crippen LogP contribution in [-0.4, -0.2) is 0 Å². The Morgan fingerprint density at radius 1 is 1.42 bits per heavy atom. The zero-order chi connectivity index (χ0) is 8.55. The third-order valence-electron chi connectivity index (χ3n) is 2.00. The first kappa shape index (κ1) is 7.69. The third kappa shape index (κ3) is 1.10. The molecule has 1 aromatic heterocycles. The Bertz CT molecular complexity index is 403. The fourth-order valence-corrected chi connectivity index (χ4v) is 1.46. The van der Waals surface area contributed by atoms with Crippen molar-refractivity contribution in [2.24, 2.45) is 0 Å². The lowest BCUT2D eigenvalue weighted by Crippen LogP contribution is -1.76. The second-order valence-electron chi connectivity index (χ2n) is 2.77. The zero-order valence-electron chi connectivity index (χ0n) is 6.80. The maximum atomic E-state index is 5.87. The van der Waals surface area contributed by atoms with E-state index in [9.17, 15) is 0 Å². The lowest BCUT2D eigenvalue weighted by Gasteiger charge is -1.94. The summed E-state index contributed by atoms with van der Waals surface area (Å²) >= 11 is 5.87. The van der Waals surface area contributed by atoms with E-state index < -0.39 is 0 Å². The molecule has 0 bridgehead atoms. The highest BCUT2D eigenvalue weighted by atomic mass is 35.5. The molecule has 2 heteroatoms. The van der Waals surface area contributed by atoms with Gasteiger partial charge < -0.3 is 4.42 Å². The summed E-state index contributed by atoms with van der Waals surface area (Å²) in [6.45, 7) is 2.12. The van der Waals surface area contributed by atoms with E-state index in [0.717, 1.165) is 17.4 Å². The Hall–Kier alpha value is -0.950. The van der Waals surface area contributed by atoms with Crippen molar-refractivity contribution in [3.63, 3.8) is 0 Å². The van der Waals surface area contributed by atoms with E-state index in [0.29, 0.717) is 5.02 Å². The summed E-state index contributed by atoms with van der Waals surface area (Å²) in [4.78, 5) is 0. The zero-order valence-corrected chi connectivity index (χ0v) is 7.56. The van der Waals surface area contributed by atoms with Crippen LogP contribution in [0.3, 0.4) is 0 Å². The predicted octanol–water partition coefficient (Wildman–Crippen LogP) is 3.65. The van der Waals surface area contributed by atoms with Crippen LogP contribution < -0.4 is 0 Å². The Kier molecular flexibility index (Phi) is 1.81. The van der Waals surface area contributed by atoms with Crippen molar-refractivity contribution >= 4 is 22.6 Å². The maximum Gasteiger partial charge on any atom is 0.135 e. The van der Waals surface area contributed by atoms with Gasteiger partial charge in [-0.25, -0.2) is 0 Å². The van der Waals surface area contributed by atoms with Crippen molar-refractivity contribution in [2.75, 3.05) is 0 Å². The summed E-state index contributed by atoms with van der Waals surface area (Å²) in [5.41, 5.74) is 2.15. The first-order valence-electron chi connectivity index (χ1n) is 3.97. The molecule has 0 N–H and O–H groups in total. The summed E-state index contributed by atoms with van der Waals surface area (Å²) in [5.74, 6) is 0. The molecule has 0 radical (unpaired) electrons. The molecule has 0 unspecified atom stereocenters. The summed E-state index contributed by atoms with van der Waals surface area (Å²) < 4.78 is 5.26. The number of hydrogen-bond acceptors (Lipinski definition) is 1. The molecule has 0 aliphatic carbocycles. The van der Waals surface area contributed by atoms with E-state index in [1.165, 1.54) is 5.56 Å². The van der Waals surface area contributed by atoms with Crippen molar-refractivity contribution in [3.8, 4) is 0 Å². The van der Waals surface area contributed by atoms with Gasteiger partial charge in [0.1, 0.15) is 11.8 Å². The van der Waals surface area contributed by atoms with Crippen molar-refractivity contribution < 1.29 is 4.42 Å². The molecule has 0 atom stereocenters. The van der Waals surface area contributed by atoms with Gasteiger partial charge in [-0.1, -0.05) is 24.6 Å². The highest BCUT2D eigenvalue weighted by molar-refractivity contribution is 6.35. The van der Waals surface area contributed by atoms with E-state index in [1.54, 1.807) is 6.26 Å². The number of rotatable bonds is 1. The van der Waals surface area contributed by atoms with Gasteiger partial charge in [-0.15, -0.1) is 0 Å². The van der Waals surface area contributed by atoms with E-state index in [2.05, 4.69) is 13.0 Å². The molecule has 1 heterocycles. The smallest absolute Gasteiger partial charge is 0.135 e. The molecule has 2 aromatic rings. The Morgan fingerprint density at radius 3 is 3.00 bits per heavy atom. The number of furan rings is 1. The first-order valence-corrected chi connectivity index (χ1v) is 4.34. The van der Waals surface area contributed by atoms with Crippen LogP contribution in [0, 0.1) is 0 Å². The van der Waals surface area contributed by atoms with Gasteiger partial charge in [0, 0.05) is 5.39 Å². The average molecular weight is 181 g/mol. The normalized spacial score (nSPS) is 10.8. The van der Waals surface area contributed by atoms with Crippen LogP contribution in [0.1, 0.15) is 12.5 Å². The molecular weight excluding hydrogens is 172 g/mol. The van der Waals surface area contributed by atoms with Gasteiger partial charge in [0.25, 0.3) is 0 Å². The standard InChI is InChI=1S/C10H9ClO/c1-2-7-3-4-8-9(11)6-12-10(8)5-7/h3-6H,2H2,1H3. The molecule has 12 heavy (non-hydrogen) atoms. The van der Waals surface area contributed by atoms with Crippen LogP contribution in [0.15, 0.2) is 28.9 Å². The summed E-state index contributed by atoms with van der Waals surface area (Å²) in [7, 11) is 0. The molecule has 1 aromatic carbocycles. The second-order valence-corrected chi connectivity index (χ2v) is 3.17. The number of hydrogen-bond donors (Lipinski definition) is 0. The van der Waals surface area contributed by atoms with Gasteiger partial charge in [0.2, 0.25) is 0 Å². The average Bonchev–Trinajstić information content (AvgIpc) is 2.47. The van der Waals surface area contributed by atoms with Gasteiger partial charge in [0.15, 0.2) is 0 Å². The summed E-state index contributed by atoms with van der Waals surface area (Å²) in [6.07, 6.45) is 2.60. The van der Waals surface area contributed by atoms with Gasteiger partial charge >= 0.3 is 0 Å². The molecule has 2 rings (SSSR count). The van der Waals surface area contributed by atoms with Crippen LogP contribution in [0.4, 0.5) is 0 Å². The van der Waals surface area contributed by atoms with Gasteiger partial charge in [-0.05, 0) is 24.1 Å². The number of halogens is 1. The van der Waals surface area contributed by atoms with Gasteiger partial charge in [-0.3, -0.25) is 0 Å². The number of aryl methyl sites for hydroxylation is 1. The highest BCUT2D eigenvalue weighted by Gasteiger charge is 2.02. The SMILES string of the molecule is CCc1ccc2c(Cl)coc2c1. The molecular formula is C10H9ClO. The number of fused-ring (bicyclic) bond motifs is 1. The van der Waals surface area contributed by atoms with Crippen LogP contribution in [0.25, 0.3) is 11.0 Å². The third-order valence-corrected chi connectivity index (χ3v) is 2.29. The quantitative estimate of drug-likeness (QED) is 0.653. The van der Waals surface area contributed by atoms with Crippen molar-refractivity contribution in [2.45, 2.75) is 13.3 Å². The van der Waals surface area contributed by atoms with Gasteiger partial charge in [0.05, 0.1) is 5.02 Å². The van der Waals surface area contributed by atoms with Crippen LogP contribution in [-0.2, 0) is 6.42 Å². The van der Waals surface area contributed by atoms with E-state index in [4.69, 9.17) is 16.0 Å². The molecule has 0 spiro atoms. The molecule has 0 saturated carbocycles. The van der Waals surface area contributed by atoms with Gasteiger partial charge in [-0.2, -0.15) is 0 Å². The fraction of sp³-hybridized carbons (Fsp3) is 0.200. The predicted molar refractivity (Wildman–Crippen MR) is 50.6 cm³/mol. The lowest BCUT2D eigenvalue weighted by molar-refractivity contribution is 0.615. The van der Waals surface area contributed by atoms with Crippen LogP contribution in [0.2, 0.25) is 5.02 Å². The molecule has 0 fully saturated rings. The summed E-state index contributed by atoms with van der Waals surface area (Å²) in [6, 6.07) is 6.10. The minimum atomic E-state index is 0.688. The molecule has 0 saturated heterocycles. The van der Waals surface area contributed by atoms with E-state index >= 15 is 0 Å². The summed E-state index contributed by atoms with van der Waals surface area (Å²) in [5, 5.41) is 1.68. The largest absolute Gasteiger partial charge is 0.463 e. The maximum absolute atomic E-state index is 5.87. The van der Waals surface area contributed by atoms with Crippen molar-refractivity contribution in [1.29, 1.82) is 0 Å². The molecule has 0 aliphatic heterocycles. The van der Waals surface area contributed by atoms with E-state index in [-0.39, 0.29) is 0 Å². The monoisotopic (exact) mass is 180 g/mol. The van der Waals surface area contributed by atoms with Crippen molar-refractivity contribution in [1.82, 2.24) is 0 Å². The Labute approximate surface area is 75.9 Å². The number of benzene rings is 1. The minimum absolute atomic E-state index is 0.688. The molecule has 0 aliphatic rings. The minimum Gasteiger partial charge on any atom is -0.463 e. The first-order chi connectivity index (χ1) is 5.81. The fourth-order valence-electron chi connectivity index (χ4n) is 1.26. The lowest BCUT2D eigenvalue weighted by atomic mass is 10.1. The second kappa shape index (κ2) is 2.83. The van der Waals surface area contributed by atoms with E-state index in [1.807, 2.05) is 12.1 Å². The van der Waals surface area contributed by atoms with Crippen molar-refractivity contribution in [3.05, 3.63) is 35.0 Å². The van der Waals surface area contributed by atoms with Crippen LogP contribution >= 0.6 is 11.6 Å². The molecule has 1 nitrogen and oxygen atoms in total. The Morgan fingerprint density at radius 2 is 2.25 bits per heavy atom. The topological polar surface area (TPSA) is 13.1 Å². The van der Waals surface area contributed by atoms with Crippen LogP contribution in [0.5, 0.6) is 0 Å². The Balaban J connectivity index is 2.69. The highest BCUT2D eigenvalue weighted by Crippen LogP contribution is 2.26. The molecule has 0 amide bonds. The molecule has 62 valence electrons.